The molecule has 1 saturated heterocycles. The topological polar surface area (TPSA) is 79.0 Å². The molecule has 31 heavy (non-hydrogen) atoms. The summed E-state index contributed by atoms with van der Waals surface area (Å²) >= 11 is 0. The van der Waals surface area contributed by atoms with Gasteiger partial charge >= 0.3 is 0 Å². The van der Waals surface area contributed by atoms with Crippen LogP contribution in [0.2, 0.25) is 0 Å². The second-order valence-electron chi connectivity index (χ2n) is 7.97. The number of rotatable bonds is 7. The third kappa shape index (κ3) is 5.84. The maximum absolute atomic E-state index is 12.8. The monoisotopic (exact) mass is 445 g/mol. The van der Waals surface area contributed by atoms with E-state index in [2.05, 4.69) is 22.3 Å². The summed E-state index contributed by atoms with van der Waals surface area (Å²) in [6, 6.07) is 14.5. The molecule has 1 fully saturated rings. The van der Waals surface area contributed by atoms with Crippen LogP contribution in [0.3, 0.4) is 0 Å². The first-order valence-electron chi connectivity index (χ1n) is 10.5. The summed E-state index contributed by atoms with van der Waals surface area (Å²) in [4.78, 5) is 15.2. The highest BCUT2D eigenvalue weighted by Crippen LogP contribution is 2.31. The minimum Gasteiger partial charge on any atom is -0.497 e. The molecule has 0 spiro atoms. The van der Waals surface area contributed by atoms with E-state index in [9.17, 15) is 13.2 Å². The molecule has 8 heteroatoms. The Bertz CT molecular complexity index is 973. The van der Waals surface area contributed by atoms with Crippen LogP contribution in [0.1, 0.15) is 37.3 Å². The van der Waals surface area contributed by atoms with Crippen molar-refractivity contribution in [3.05, 3.63) is 54.1 Å². The zero-order chi connectivity index (χ0) is 22.4. The van der Waals surface area contributed by atoms with Gasteiger partial charge in [-0.15, -0.1) is 0 Å². The summed E-state index contributed by atoms with van der Waals surface area (Å²) in [5, 5.41) is 2.90. The lowest BCUT2D eigenvalue weighted by atomic mass is 10.0. The predicted octanol–water partition coefficient (Wildman–Crippen LogP) is 3.50. The Labute approximate surface area is 185 Å². The molecule has 0 saturated carbocycles. The summed E-state index contributed by atoms with van der Waals surface area (Å²) in [7, 11) is 1.15. The summed E-state index contributed by atoms with van der Waals surface area (Å²) in [6.07, 6.45) is 4.37. The SMILES string of the molecule is COc1ccc([C@@H]2CCCCCN2CC(=O)Nc2ccc(S(=O)(=O)N(C)C)cc2)cc1. The van der Waals surface area contributed by atoms with Crippen LogP contribution in [-0.4, -0.2) is 57.8 Å². The van der Waals surface area contributed by atoms with E-state index in [-0.39, 0.29) is 23.4 Å². The smallest absolute Gasteiger partial charge is 0.242 e. The van der Waals surface area contributed by atoms with Gasteiger partial charge in [-0.3, -0.25) is 9.69 Å². The van der Waals surface area contributed by atoms with E-state index in [1.807, 2.05) is 12.1 Å². The van der Waals surface area contributed by atoms with Crippen LogP contribution in [0, 0.1) is 0 Å². The summed E-state index contributed by atoms with van der Waals surface area (Å²) in [6.45, 7) is 1.15. The molecule has 2 aromatic rings. The van der Waals surface area contributed by atoms with Gasteiger partial charge in [0.1, 0.15) is 5.75 Å². The van der Waals surface area contributed by atoms with E-state index >= 15 is 0 Å². The predicted molar refractivity (Wildman–Crippen MR) is 122 cm³/mol. The van der Waals surface area contributed by atoms with Crippen LogP contribution >= 0.6 is 0 Å². The number of hydrogen-bond acceptors (Lipinski definition) is 5. The van der Waals surface area contributed by atoms with Crippen LogP contribution in [0.25, 0.3) is 0 Å². The number of benzene rings is 2. The molecule has 1 heterocycles. The Hall–Kier alpha value is -2.42. The molecule has 0 aromatic heterocycles. The van der Waals surface area contributed by atoms with E-state index in [1.54, 1.807) is 19.2 Å². The van der Waals surface area contributed by atoms with Gasteiger partial charge in [-0.1, -0.05) is 25.0 Å². The number of hydrogen-bond donors (Lipinski definition) is 1. The van der Waals surface area contributed by atoms with E-state index in [0.29, 0.717) is 5.69 Å². The normalized spacial score (nSPS) is 17.9. The lowest BCUT2D eigenvalue weighted by Crippen LogP contribution is -2.36. The van der Waals surface area contributed by atoms with Crippen molar-refractivity contribution >= 4 is 21.6 Å². The van der Waals surface area contributed by atoms with E-state index in [0.717, 1.165) is 38.0 Å². The molecule has 1 aliphatic rings. The van der Waals surface area contributed by atoms with Crippen LogP contribution < -0.4 is 10.1 Å². The molecule has 1 amide bonds. The van der Waals surface area contributed by atoms with Gasteiger partial charge in [0, 0.05) is 25.8 Å². The van der Waals surface area contributed by atoms with Gasteiger partial charge in [0.05, 0.1) is 18.6 Å². The summed E-state index contributed by atoms with van der Waals surface area (Å²) in [5.41, 5.74) is 1.77. The number of nitrogens with zero attached hydrogens (tertiary/aromatic N) is 2. The van der Waals surface area contributed by atoms with Crippen LogP contribution in [-0.2, 0) is 14.8 Å². The number of methoxy groups -OCH3 is 1. The fourth-order valence-electron chi connectivity index (χ4n) is 3.87. The van der Waals surface area contributed by atoms with Crippen LogP contribution in [0.15, 0.2) is 53.4 Å². The molecule has 1 aliphatic heterocycles. The number of likely N-dealkylation sites (tertiary alicyclic amines) is 1. The van der Waals surface area contributed by atoms with Crippen molar-refractivity contribution in [1.82, 2.24) is 9.21 Å². The second-order valence-corrected chi connectivity index (χ2v) is 10.1. The Morgan fingerprint density at radius 1 is 1.06 bits per heavy atom. The number of ether oxygens (including phenoxy) is 1. The first-order chi connectivity index (χ1) is 14.8. The Kier molecular flexibility index (Phi) is 7.69. The van der Waals surface area contributed by atoms with Crippen molar-refractivity contribution in [2.75, 3.05) is 39.6 Å². The number of nitrogens with one attached hydrogen (secondary N) is 1. The molecule has 2 aromatic carbocycles. The lowest BCUT2D eigenvalue weighted by molar-refractivity contribution is -0.117. The van der Waals surface area contributed by atoms with Gasteiger partial charge < -0.3 is 10.1 Å². The third-order valence-electron chi connectivity index (χ3n) is 5.63. The number of carbonyl (C=O) groups excluding carboxylic acids is 1. The zero-order valence-electron chi connectivity index (χ0n) is 18.4. The lowest BCUT2D eigenvalue weighted by Gasteiger charge is -2.29. The maximum Gasteiger partial charge on any atom is 0.242 e. The zero-order valence-corrected chi connectivity index (χ0v) is 19.2. The fourth-order valence-corrected chi connectivity index (χ4v) is 4.77. The molecule has 1 N–H and O–H groups in total. The molecule has 0 radical (unpaired) electrons. The molecule has 1 atom stereocenters. The van der Waals surface area contributed by atoms with Crippen molar-refractivity contribution in [3.63, 3.8) is 0 Å². The van der Waals surface area contributed by atoms with E-state index in [4.69, 9.17) is 4.74 Å². The average molecular weight is 446 g/mol. The van der Waals surface area contributed by atoms with Gasteiger partial charge in [0.15, 0.2) is 0 Å². The van der Waals surface area contributed by atoms with Gasteiger partial charge in [-0.05, 0) is 61.3 Å². The first-order valence-corrected chi connectivity index (χ1v) is 12.0. The van der Waals surface area contributed by atoms with Gasteiger partial charge in [0.25, 0.3) is 0 Å². The average Bonchev–Trinajstić information content (AvgIpc) is 2.99. The fraction of sp³-hybridized carbons (Fsp3) is 0.435. The molecule has 7 nitrogen and oxygen atoms in total. The summed E-state index contributed by atoms with van der Waals surface area (Å²) in [5.74, 6) is 0.713. The van der Waals surface area contributed by atoms with Gasteiger partial charge in [-0.25, -0.2) is 12.7 Å². The quantitative estimate of drug-likeness (QED) is 0.706. The number of anilines is 1. The number of carbonyl (C=O) groups is 1. The molecule has 0 unspecified atom stereocenters. The van der Waals surface area contributed by atoms with E-state index in [1.165, 1.54) is 36.1 Å². The highest BCUT2D eigenvalue weighted by atomic mass is 32.2. The van der Waals surface area contributed by atoms with Crippen molar-refractivity contribution in [2.45, 2.75) is 36.6 Å². The molecule has 3 rings (SSSR count). The molecule has 168 valence electrons. The largest absolute Gasteiger partial charge is 0.497 e. The molecule has 0 bridgehead atoms. The van der Waals surface area contributed by atoms with Crippen molar-refractivity contribution in [3.8, 4) is 5.75 Å². The van der Waals surface area contributed by atoms with Crippen LogP contribution in [0.5, 0.6) is 5.75 Å². The molecule has 0 aliphatic carbocycles. The van der Waals surface area contributed by atoms with Crippen molar-refractivity contribution in [1.29, 1.82) is 0 Å². The Balaban J connectivity index is 1.68. The maximum atomic E-state index is 12.8. The number of sulfonamides is 1. The second kappa shape index (κ2) is 10.3. The van der Waals surface area contributed by atoms with Crippen LogP contribution in [0.4, 0.5) is 5.69 Å². The minimum absolute atomic E-state index is 0.108. The van der Waals surface area contributed by atoms with Gasteiger partial charge in [-0.2, -0.15) is 0 Å². The highest BCUT2D eigenvalue weighted by Gasteiger charge is 2.25. The summed E-state index contributed by atoms with van der Waals surface area (Å²) < 4.78 is 30.8. The Morgan fingerprint density at radius 2 is 1.74 bits per heavy atom. The first kappa shape index (κ1) is 23.2. The van der Waals surface area contributed by atoms with E-state index < -0.39 is 10.0 Å². The van der Waals surface area contributed by atoms with Crippen molar-refractivity contribution < 1.29 is 17.9 Å². The minimum atomic E-state index is -3.49. The molecular formula is C23H31N3O4S. The highest BCUT2D eigenvalue weighted by molar-refractivity contribution is 7.89. The number of amides is 1. The molecular weight excluding hydrogens is 414 g/mol. The van der Waals surface area contributed by atoms with Crippen molar-refractivity contribution in [2.24, 2.45) is 0 Å². The standard InChI is InChI=1S/C23H31N3O4S/c1-25(2)31(28,29)21-14-10-19(11-15-21)24-23(27)17-26-16-6-4-5-7-22(26)18-8-12-20(30-3)13-9-18/h8-15,22H,4-7,16-17H2,1-3H3,(H,24,27)/t22-/m0/s1. The third-order valence-corrected chi connectivity index (χ3v) is 7.46. The van der Waals surface area contributed by atoms with Gasteiger partial charge in [0.2, 0.25) is 15.9 Å². The Morgan fingerprint density at radius 3 is 2.35 bits per heavy atom.